The van der Waals surface area contributed by atoms with Crippen LogP contribution in [-0.4, -0.2) is 17.6 Å². The van der Waals surface area contributed by atoms with Gasteiger partial charge in [-0.15, -0.1) is 0 Å². The van der Waals surface area contributed by atoms with Gasteiger partial charge in [-0.05, 0) is 12.1 Å². The fourth-order valence-electron chi connectivity index (χ4n) is 1.47. The van der Waals surface area contributed by atoms with Crippen LogP contribution in [0.3, 0.4) is 0 Å². The van der Waals surface area contributed by atoms with Crippen molar-refractivity contribution in [2.45, 2.75) is 6.92 Å². The molecular formula is C10H12N2O2. The minimum Gasteiger partial charge on any atom is -0.506 e. The number of rotatable bonds is 1. The molecule has 1 amide bonds. The number of hydrazine groups is 1. The Morgan fingerprint density at radius 1 is 1.50 bits per heavy atom. The molecule has 74 valence electrons. The molecule has 1 unspecified atom stereocenters. The van der Waals surface area contributed by atoms with Gasteiger partial charge in [-0.1, -0.05) is 19.1 Å². The first-order valence-corrected chi connectivity index (χ1v) is 4.55. The van der Waals surface area contributed by atoms with Gasteiger partial charge < -0.3 is 5.11 Å². The molecule has 0 aromatic heterocycles. The summed E-state index contributed by atoms with van der Waals surface area (Å²) >= 11 is 0. The molecule has 0 spiro atoms. The maximum Gasteiger partial charge on any atom is 0.245 e. The third-order valence-electron chi connectivity index (χ3n) is 2.32. The molecule has 1 aliphatic rings. The third-order valence-corrected chi connectivity index (χ3v) is 2.32. The fourth-order valence-corrected chi connectivity index (χ4v) is 1.47. The Morgan fingerprint density at radius 3 is 2.79 bits per heavy atom. The molecule has 0 bridgehead atoms. The summed E-state index contributed by atoms with van der Waals surface area (Å²) < 4.78 is 0. The Morgan fingerprint density at radius 2 is 2.21 bits per heavy atom. The monoisotopic (exact) mass is 192 g/mol. The van der Waals surface area contributed by atoms with E-state index in [9.17, 15) is 9.90 Å². The van der Waals surface area contributed by atoms with Gasteiger partial charge in [0.1, 0.15) is 11.4 Å². The number of carbonyl (C=O) groups is 1. The highest BCUT2D eigenvalue weighted by Crippen LogP contribution is 2.28. The molecule has 1 aliphatic heterocycles. The second kappa shape index (κ2) is 3.31. The summed E-state index contributed by atoms with van der Waals surface area (Å²) in [4.78, 5) is 11.6. The van der Waals surface area contributed by atoms with Crippen LogP contribution in [0.2, 0.25) is 0 Å². The van der Waals surface area contributed by atoms with Gasteiger partial charge in [-0.2, -0.15) is 0 Å². The Balaban J connectivity index is 2.33. The maximum atomic E-state index is 11.6. The average Bonchev–Trinajstić information content (AvgIpc) is 2.49. The van der Waals surface area contributed by atoms with Gasteiger partial charge in [0.05, 0.1) is 5.92 Å². The number of para-hydroxylation sites is 2. The Kier molecular flexibility index (Phi) is 2.13. The number of phenols is 1. The molecule has 1 fully saturated rings. The summed E-state index contributed by atoms with van der Waals surface area (Å²) in [5.74, 6) is 0.0727. The number of amides is 1. The predicted molar refractivity (Wildman–Crippen MR) is 52.8 cm³/mol. The van der Waals surface area contributed by atoms with E-state index in [1.54, 1.807) is 24.3 Å². The quantitative estimate of drug-likeness (QED) is 0.694. The van der Waals surface area contributed by atoms with E-state index in [1.165, 1.54) is 5.01 Å². The number of benzene rings is 1. The van der Waals surface area contributed by atoms with Crippen LogP contribution in [-0.2, 0) is 4.79 Å². The number of carbonyl (C=O) groups excluding carboxylic acids is 1. The molecule has 2 N–H and O–H groups in total. The van der Waals surface area contributed by atoms with Crippen LogP contribution in [0.5, 0.6) is 5.75 Å². The summed E-state index contributed by atoms with van der Waals surface area (Å²) in [5, 5.41) is 10.9. The standard InChI is InChI=1S/C10H12N2O2/c1-7-6-11-12(10(7)14)8-4-2-3-5-9(8)13/h2-5,7,11,13H,6H2,1H3. The molecule has 0 aliphatic carbocycles. The van der Waals surface area contributed by atoms with Crippen molar-refractivity contribution >= 4 is 11.6 Å². The molecule has 1 saturated heterocycles. The normalized spacial score (nSPS) is 21.6. The van der Waals surface area contributed by atoms with E-state index in [4.69, 9.17) is 0 Å². The molecule has 1 aromatic rings. The summed E-state index contributed by atoms with van der Waals surface area (Å²) in [5.41, 5.74) is 3.45. The number of phenolic OH excluding ortho intramolecular Hbond substituents is 1. The minimum atomic E-state index is -0.0328. The van der Waals surface area contributed by atoms with Crippen molar-refractivity contribution in [1.82, 2.24) is 5.43 Å². The summed E-state index contributed by atoms with van der Waals surface area (Å²) in [7, 11) is 0. The number of nitrogens with one attached hydrogen (secondary N) is 1. The zero-order chi connectivity index (χ0) is 10.1. The van der Waals surface area contributed by atoms with Gasteiger partial charge in [-0.3, -0.25) is 4.79 Å². The third kappa shape index (κ3) is 1.33. The van der Waals surface area contributed by atoms with Crippen molar-refractivity contribution in [3.05, 3.63) is 24.3 Å². The molecule has 0 radical (unpaired) electrons. The van der Waals surface area contributed by atoms with Crippen LogP contribution in [0.1, 0.15) is 6.92 Å². The van der Waals surface area contributed by atoms with Crippen molar-refractivity contribution in [1.29, 1.82) is 0 Å². The second-order valence-corrected chi connectivity index (χ2v) is 3.43. The van der Waals surface area contributed by atoms with E-state index in [0.717, 1.165) is 0 Å². The van der Waals surface area contributed by atoms with E-state index in [1.807, 2.05) is 6.92 Å². The van der Waals surface area contributed by atoms with Crippen LogP contribution in [0.25, 0.3) is 0 Å². The summed E-state index contributed by atoms with van der Waals surface area (Å²) in [6.45, 7) is 2.47. The number of hydrogen-bond acceptors (Lipinski definition) is 3. The highest BCUT2D eigenvalue weighted by Gasteiger charge is 2.30. The second-order valence-electron chi connectivity index (χ2n) is 3.43. The van der Waals surface area contributed by atoms with Crippen molar-refractivity contribution in [3.8, 4) is 5.75 Å². The van der Waals surface area contributed by atoms with Crippen LogP contribution in [0.15, 0.2) is 24.3 Å². The highest BCUT2D eigenvalue weighted by molar-refractivity contribution is 5.97. The van der Waals surface area contributed by atoms with E-state index in [2.05, 4.69) is 5.43 Å². The number of hydrogen-bond donors (Lipinski definition) is 2. The Bertz CT molecular complexity index is 365. The smallest absolute Gasteiger partial charge is 0.245 e. The maximum absolute atomic E-state index is 11.6. The largest absolute Gasteiger partial charge is 0.506 e. The first-order valence-electron chi connectivity index (χ1n) is 4.55. The van der Waals surface area contributed by atoms with Gasteiger partial charge >= 0.3 is 0 Å². The van der Waals surface area contributed by atoms with Crippen LogP contribution < -0.4 is 10.4 Å². The van der Waals surface area contributed by atoms with Crippen LogP contribution in [0, 0.1) is 5.92 Å². The van der Waals surface area contributed by atoms with E-state index in [0.29, 0.717) is 12.2 Å². The number of aromatic hydroxyl groups is 1. The zero-order valence-corrected chi connectivity index (χ0v) is 7.90. The van der Waals surface area contributed by atoms with Gasteiger partial charge in [-0.25, -0.2) is 10.4 Å². The van der Waals surface area contributed by atoms with Gasteiger partial charge in [0.15, 0.2) is 0 Å². The number of anilines is 1. The average molecular weight is 192 g/mol. The van der Waals surface area contributed by atoms with Crippen molar-refractivity contribution in [3.63, 3.8) is 0 Å². The molecule has 0 saturated carbocycles. The molecular weight excluding hydrogens is 180 g/mol. The van der Waals surface area contributed by atoms with Crippen molar-refractivity contribution < 1.29 is 9.90 Å². The molecule has 4 nitrogen and oxygen atoms in total. The van der Waals surface area contributed by atoms with E-state index < -0.39 is 0 Å². The lowest BCUT2D eigenvalue weighted by molar-refractivity contribution is -0.119. The summed E-state index contributed by atoms with van der Waals surface area (Å²) in [6.07, 6.45) is 0. The first kappa shape index (κ1) is 9.02. The fraction of sp³-hybridized carbons (Fsp3) is 0.300. The summed E-state index contributed by atoms with van der Waals surface area (Å²) in [6, 6.07) is 6.78. The van der Waals surface area contributed by atoms with Gasteiger partial charge in [0.25, 0.3) is 0 Å². The Hall–Kier alpha value is -1.55. The molecule has 1 atom stereocenters. The lowest BCUT2D eigenvalue weighted by Crippen LogP contribution is -2.34. The SMILES string of the molecule is CC1CNN(c2ccccc2O)C1=O. The molecule has 1 heterocycles. The van der Waals surface area contributed by atoms with Gasteiger partial charge in [0, 0.05) is 6.54 Å². The van der Waals surface area contributed by atoms with Crippen molar-refractivity contribution in [2.24, 2.45) is 5.92 Å². The molecule has 2 rings (SSSR count). The lowest BCUT2D eigenvalue weighted by Gasteiger charge is -2.16. The zero-order valence-electron chi connectivity index (χ0n) is 7.90. The predicted octanol–water partition coefficient (Wildman–Crippen LogP) is 0.879. The minimum absolute atomic E-state index is 0.00787. The van der Waals surface area contributed by atoms with Crippen molar-refractivity contribution in [2.75, 3.05) is 11.6 Å². The lowest BCUT2D eigenvalue weighted by atomic mass is 10.2. The van der Waals surface area contributed by atoms with Crippen LogP contribution in [0.4, 0.5) is 5.69 Å². The van der Waals surface area contributed by atoms with Crippen LogP contribution >= 0.6 is 0 Å². The highest BCUT2D eigenvalue weighted by atomic mass is 16.3. The molecule has 1 aromatic carbocycles. The molecule has 4 heteroatoms. The molecule has 14 heavy (non-hydrogen) atoms. The Labute approximate surface area is 82.1 Å². The first-order chi connectivity index (χ1) is 6.70. The number of nitrogens with zero attached hydrogens (tertiary/aromatic N) is 1. The van der Waals surface area contributed by atoms with E-state index >= 15 is 0 Å². The van der Waals surface area contributed by atoms with E-state index in [-0.39, 0.29) is 17.6 Å². The topological polar surface area (TPSA) is 52.6 Å². The van der Waals surface area contributed by atoms with Gasteiger partial charge in [0.2, 0.25) is 5.91 Å².